The minimum atomic E-state index is -0.926. The van der Waals surface area contributed by atoms with Crippen LogP contribution in [-0.4, -0.2) is 74.9 Å². The molecule has 0 spiro atoms. The van der Waals surface area contributed by atoms with Gasteiger partial charge in [0.1, 0.15) is 23.5 Å². The van der Waals surface area contributed by atoms with Crippen molar-refractivity contribution in [2.45, 2.75) is 38.6 Å². The van der Waals surface area contributed by atoms with Crippen LogP contribution in [0.4, 0.5) is 26.3 Å². The normalized spacial score (nSPS) is 16.3. The maximum atomic E-state index is 14.9. The Balaban J connectivity index is 1.37. The van der Waals surface area contributed by atoms with E-state index in [2.05, 4.69) is 47.8 Å². The molecule has 39 heavy (non-hydrogen) atoms. The number of halogens is 2. The van der Waals surface area contributed by atoms with Gasteiger partial charge < -0.3 is 24.9 Å². The number of carbonyl (C=O) groups excluding carboxylic acids is 1. The summed E-state index contributed by atoms with van der Waals surface area (Å²) in [7, 11) is 2.08. The van der Waals surface area contributed by atoms with Crippen molar-refractivity contribution in [3.8, 4) is 11.5 Å². The minimum Gasteiger partial charge on any atom is -0.403 e. The molecule has 0 atom stereocenters. The number of anilines is 3. The van der Waals surface area contributed by atoms with E-state index >= 15 is 0 Å². The zero-order valence-corrected chi connectivity index (χ0v) is 21.9. The number of aromatic nitrogens is 5. The van der Waals surface area contributed by atoms with Gasteiger partial charge in [0.25, 0.3) is 11.8 Å². The molecule has 204 valence electrons. The van der Waals surface area contributed by atoms with E-state index < -0.39 is 17.5 Å². The molecule has 3 aromatic heterocycles. The van der Waals surface area contributed by atoms with Gasteiger partial charge in [0.2, 0.25) is 0 Å². The largest absolute Gasteiger partial charge is 0.403 e. The number of nitrogens with zero attached hydrogens (tertiary/aromatic N) is 7. The van der Waals surface area contributed by atoms with Gasteiger partial charge in [-0.1, -0.05) is 18.9 Å². The molecule has 0 bridgehead atoms. The number of piperazine rings is 1. The quantitative estimate of drug-likeness (QED) is 0.365. The summed E-state index contributed by atoms with van der Waals surface area (Å²) in [5, 5.41) is 18.6. The first kappa shape index (κ1) is 25.2. The second kappa shape index (κ2) is 9.88. The first-order valence-electron chi connectivity index (χ1n) is 13.0. The lowest BCUT2D eigenvalue weighted by Gasteiger charge is -2.30. The summed E-state index contributed by atoms with van der Waals surface area (Å²) in [6, 6.07) is 2.36. The predicted molar refractivity (Wildman–Crippen MR) is 140 cm³/mol. The molecule has 11 nitrogen and oxygen atoms in total. The zero-order chi connectivity index (χ0) is 27.3. The highest BCUT2D eigenvalue weighted by atomic mass is 19.1. The summed E-state index contributed by atoms with van der Waals surface area (Å²) in [5.74, 6) is -1.74. The molecule has 2 aliphatic rings. The zero-order valence-electron chi connectivity index (χ0n) is 21.9. The van der Waals surface area contributed by atoms with Crippen LogP contribution in [0.25, 0.3) is 17.0 Å². The third-order valence-electron chi connectivity index (χ3n) is 7.08. The molecule has 13 heteroatoms. The molecule has 1 saturated carbocycles. The number of hydrogen-bond acceptors (Lipinski definition) is 9. The Morgan fingerprint density at radius 3 is 2.59 bits per heavy atom. The topological polar surface area (TPSA) is 117 Å². The van der Waals surface area contributed by atoms with Crippen molar-refractivity contribution in [2.75, 3.05) is 43.4 Å². The van der Waals surface area contributed by atoms with E-state index in [1.807, 2.05) is 13.8 Å². The van der Waals surface area contributed by atoms with Crippen molar-refractivity contribution < 1.29 is 18.0 Å². The fraction of sp³-hybridized carbons (Fsp3) is 0.423. The van der Waals surface area contributed by atoms with Gasteiger partial charge in [0.05, 0.1) is 16.8 Å². The van der Waals surface area contributed by atoms with Crippen LogP contribution in [0.5, 0.6) is 0 Å². The van der Waals surface area contributed by atoms with Crippen molar-refractivity contribution in [3.63, 3.8) is 0 Å². The number of hydrogen-bond donors (Lipinski definition) is 2. The Bertz CT molecular complexity index is 1540. The average molecular weight is 538 g/mol. The molecule has 2 fully saturated rings. The van der Waals surface area contributed by atoms with E-state index in [-0.39, 0.29) is 29.0 Å². The molecule has 1 aromatic carbocycles. The van der Waals surface area contributed by atoms with Crippen LogP contribution in [0.1, 0.15) is 48.5 Å². The van der Waals surface area contributed by atoms with Crippen LogP contribution in [0, 0.1) is 11.6 Å². The number of nitrogens with one attached hydrogen (secondary N) is 2. The molecule has 0 unspecified atom stereocenters. The third kappa shape index (κ3) is 4.89. The molecular weight excluding hydrogens is 508 g/mol. The number of amides is 1. The van der Waals surface area contributed by atoms with Gasteiger partial charge in [-0.3, -0.25) is 4.79 Å². The molecule has 1 aliphatic carbocycles. The highest BCUT2D eigenvalue weighted by Gasteiger charge is 2.28. The first-order valence-corrected chi connectivity index (χ1v) is 13.0. The Morgan fingerprint density at radius 2 is 1.87 bits per heavy atom. The monoisotopic (exact) mass is 537 g/mol. The van der Waals surface area contributed by atoms with E-state index in [0.29, 0.717) is 29.1 Å². The van der Waals surface area contributed by atoms with Gasteiger partial charge in [-0.05, 0) is 37.4 Å². The Kier molecular flexibility index (Phi) is 6.37. The van der Waals surface area contributed by atoms with E-state index in [0.717, 1.165) is 44.6 Å². The van der Waals surface area contributed by atoms with Crippen LogP contribution in [0.3, 0.4) is 0 Å². The molecule has 4 aromatic rings. The minimum absolute atomic E-state index is 0.0199. The van der Waals surface area contributed by atoms with Crippen LogP contribution >= 0.6 is 0 Å². The van der Waals surface area contributed by atoms with Gasteiger partial charge in [-0.15, -0.1) is 5.10 Å². The average Bonchev–Trinajstić information content (AvgIpc) is 3.42. The van der Waals surface area contributed by atoms with E-state index in [1.54, 1.807) is 10.7 Å². The van der Waals surface area contributed by atoms with Gasteiger partial charge >= 0.3 is 6.01 Å². The number of rotatable bonds is 7. The Labute approximate surface area is 223 Å². The maximum Gasteiger partial charge on any atom is 0.318 e. The number of benzene rings is 1. The molecule has 6 rings (SSSR count). The number of fused-ring (bicyclic) bond motifs is 1. The summed E-state index contributed by atoms with van der Waals surface area (Å²) in [4.78, 5) is 21.2. The summed E-state index contributed by atoms with van der Waals surface area (Å²) in [5.41, 5.74) is 1.77. The molecule has 2 N–H and O–H groups in total. The summed E-state index contributed by atoms with van der Waals surface area (Å²) < 4.78 is 37.0. The van der Waals surface area contributed by atoms with E-state index in [1.165, 1.54) is 12.4 Å². The molecule has 1 saturated heterocycles. The van der Waals surface area contributed by atoms with Crippen molar-refractivity contribution in [2.24, 2.45) is 0 Å². The predicted octanol–water partition coefficient (Wildman–Crippen LogP) is 3.57. The fourth-order valence-electron chi connectivity index (χ4n) is 4.77. The first-order chi connectivity index (χ1) is 18.8. The molecule has 1 amide bonds. The second-order valence-corrected chi connectivity index (χ2v) is 10.4. The van der Waals surface area contributed by atoms with Crippen molar-refractivity contribution in [1.82, 2.24) is 35.0 Å². The summed E-state index contributed by atoms with van der Waals surface area (Å²) in [6.45, 7) is 7.39. The van der Waals surface area contributed by atoms with Crippen LogP contribution in [0.2, 0.25) is 0 Å². The highest BCUT2D eigenvalue weighted by molar-refractivity contribution is 5.96. The second-order valence-electron chi connectivity index (χ2n) is 10.4. The maximum absolute atomic E-state index is 14.9. The summed E-state index contributed by atoms with van der Waals surface area (Å²) >= 11 is 0. The smallest absolute Gasteiger partial charge is 0.318 e. The van der Waals surface area contributed by atoms with Gasteiger partial charge in [-0.25, -0.2) is 18.3 Å². The van der Waals surface area contributed by atoms with Gasteiger partial charge in [0, 0.05) is 44.5 Å². The van der Waals surface area contributed by atoms with E-state index in [4.69, 9.17) is 4.42 Å². The lowest BCUT2D eigenvalue weighted by molar-refractivity contribution is 0.0947. The lowest BCUT2D eigenvalue weighted by Crippen LogP contribution is -2.44. The highest BCUT2D eigenvalue weighted by Crippen LogP contribution is 2.37. The van der Waals surface area contributed by atoms with Crippen molar-refractivity contribution in [1.29, 1.82) is 0 Å². The molecule has 1 aliphatic heterocycles. The van der Waals surface area contributed by atoms with Crippen LogP contribution < -0.4 is 15.5 Å². The lowest BCUT2D eigenvalue weighted by atomic mass is 10.00. The van der Waals surface area contributed by atoms with Crippen molar-refractivity contribution >= 4 is 28.9 Å². The molecule has 4 heterocycles. The van der Waals surface area contributed by atoms with Crippen molar-refractivity contribution in [3.05, 3.63) is 47.4 Å². The van der Waals surface area contributed by atoms with Crippen LogP contribution in [0.15, 0.2) is 29.1 Å². The number of likely N-dealkylation sites (N-methyl/N-ethyl adjacent to an activating group) is 1. The van der Waals surface area contributed by atoms with Crippen LogP contribution in [-0.2, 0) is 0 Å². The Morgan fingerprint density at radius 1 is 1.10 bits per heavy atom. The number of carbonyl (C=O) groups is 1. The van der Waals surface area contributed by atoms with Gasteiger partial charge in [0.15, 0.2) is 5.82 Å². The molecular formula is C26H29F2N9O2. The molecule has 0 radical (unpaired) electrons. The van der Waals surface area contributed by atoms with E-state index in [9.17, 15) is 13.6 Å². The van der Waals surface area contributed by atoms with Gasteiger partial charge in [-0.2, -0.15) is 5.10 Å². The Hall–Kier alpha value is -4.13. The summed E-state index contributed by atoms with van der Waals surface area (Å²) in [6.07, 6.45) is 4.80. The fourth-order valence-corrected chi connectivity index (χ4v) is 4.77. The standard InChI is InChI=1S/C26H29F2N9O2/c1-14(2)21-17(25-33-34-26(39-25)36-8-6-35(3)7-9-36)12-37-22(21)23(29-13-30-37)32-20-10-16(18(27)11-19(20)28)24(38)31-15-4-5-15/h10-15H,4-9H2,1-3H3,(H,31,38)(H,29,30,32). The SMILES string of the molecule is CC(C)c1c(-c2nnc(N3CCN(C)CC3)o2)cn2ncnc(Nc3cc(C(=O)NC4CC4)c(F)cc3F)c12. The third-order valence-corrected chi connectivity index (χ3v) is 7.08.